The first-order valence-electron chi connectivity index (χ1n) is 5.73. The average Bonchev–Trinajstić information content (AvgIpc) is 2.32. The molecule has 0 aliphatic rings. The summed E-state index contributed by atoms with van der Waals surface area (Å²) in [5.41, 5.74) is 4.97. The van der Waals surface area contributed by atoms with Gasteiger partial charge in [0.1, 0.15) is 0 Å². The van der Waals surface area contributed by atoms with Crippen LogP contribution in [0.2, 0.25) is 0 Å². The number of alkyl halides is 1. The molecule has 2 rings (SSSR count). The van der Waals surface area contributed by atoms with E-state index in [9.17, 15) is 4.79 Å². The van der Waals surface area contributed by atoms with Gasteiger partial charge in [0, 0.05) is 23.5 Å². The molecule has 3 nitrogen and oxygen atoms in total. The molecule has 2 aromatic rings. The highest BCUT2D eigenvalue weighted by Gasteiger charge is 2.09. The van der Waals surface area contributed by atoms with Crippen molar-refractivity contribution in [1.29, 1.82) is 0 Å². The summed E-state index contributed by atoms with van der Waals surface area (Å²) in [6.07, 6.45) is 0. The topological polar surface area (TPSA) is 34.9 Å². The van der Waals surface area contributed by atoms with Gasteiger partial charge in [-0.2, -0.15) is 5.10 Å². The standard InChI is InChI=1S/C14H15BrN2O/c1-9-4-5-12(10(2)6-9)13-7-11(8-15)14(18)17(3)16-13/h4-7H,8H2,1-3H3. The van der Waals surface area contributed by atoms with Gasteiger partial charge in [0.15, 0.2) is 0 Å². The summed E-state index contributed by atoms with van der Waals surface area (Å²) in [6.45, 7) is 4.12. The summed E-state index contributed by atoms with van der Waals surface area (Å²) in [6, 6.07) is 8.09. The highest BCUT2D eigenvalue weighted by atomic mass is 79.9. The van der Waals surface area contributed by atoms with Gasteiger partial charge in [-0.3, -0.25) is 4.79 Å². The fraction of sp³-hybridized carbons (Fsp3) is 0.286. The molecule has 1 aromatic carbocycles. The van der Waals surface area contributed by atoms with E-state index in [-0.39, 0.29) is 5.56 Å². The third kappa shape index (κ3) is 2.38. The number of hydrogen-bond acceptors (Lipinski definition) is 2. The lowest BCUT2D eigenvalue weighted by Gasteiger charge is -2.09. The zero-order valence-corrected chi connectivity index (χ0v) is 12.3. The molecule has 1 aromatic heterocycles. The Morgan fingerprint density at radius 1 is 1.28 bits per heavy atom. The van der Waals surface area contributed by atoms with Crippen molar-refractivity contribution >= 4 is 15.9 Å². The molecule has 0 fully saturated rings. The molecule has 0 bridgehead atoms. The van der Waals surface area contributed by atoms with E-state index >= 15 is 0 Å². The van der Waals surface area contributed by atoms with Crippen LogP contribution in [0, 0.1) is 13.8 Å². The number of aryl methyl sites for hydroxylation is 3. The summed E-state index contributed by atoms with van der Waals surface area (Å²) >= 11 is 3.34. The first-order valence-corrected chi connectivity index (χ1v) is 6.86. The molecule has 94 valence electrons. The predicted octanol–water partition coefficient (Wildman–Crippen LogP) is 2.96. The Kier molecular flexibility index (Phi) is 3.66. The Balaban J connectivity index is 2.64. The SMILES string of the molecule is Cc1ccc(-c2cc(CBr)c(=O)n(C)n2)c(C)c1. The fourth-order valence-corrected chi connectivity index (χ4v) is 2.40. The molecular weight excluding hydrogens is 292 g/mol. The molecule has 0 atom stereocenters. The lowest BCUT2D eigenvalue weighted by Crippen LogP contribution is -2.23. The number of nitrogens with zero attached hydrogens (tertiary/aromatic N) is 2. The van der Waals surface area contributed by atoms with Crippen molar-refractivity contribution in [1.82, 2.24) is 9.78 Å². The van der Waals surface area contributed by atoms with Gasteiger partial charge in [0.2, 0.25) is 0 Å². The number of benzene rings is 1. The van der Waals surface area contributed by atoms with Crippen molar-refractivity contribution in [3.05, 3.63) is 51.3 Å². The Morgan fingerprint density at radius 2 is 2.00 bits per heavy atom. The monoisotopic (exact) mass is 306 g/mol. The van der Waals surface area contributed by atoms with Gasteiger partial charge in [-0.15, -0.1) is 0 Å². The first kappa shape index (κ1) is 13.0. The summed E-state index contributed by atoms with van der Waals surface area (Å²) in [7, 11) is 1.68. The van der Waals surface area contributed by atoms with Crippen LogP contribution in [0.3, 0.4) is 0 Å². The van der Waals surface area contributed by atoms with Crippen LogP contribution >= 0.6 is 15.9 Å². The van der Waals surface area contributed by atoms with E-state index in [1.165, 1.54) is 15.8 Å². The van der Waals surface area contributed by atoms with Crippen LogP contribution in [0.4, 0.5) is 0 Å². The van der Waals surface area contributed by atoms with Crippen molar-refractivity contribution < 1.29 is 0 Å². The number of halogens is 1. The Bertz CT molecular complexity index is 647. The molecule has 0 radical (unpaired) electrons. The maximum Gasteiger partial charge on any atom is 0.270 e. The quantitative estimate of drug-likeness (QED) is 0.800. The molecule has 0 saturated carbocycles. The molecule has 0 N–H and O–H groups in total. The number of hydrogen-bond donors (Lipinski definition) is 0. The van der Waals surface area contributed by atoms with Gasteiger partial charge < -0.3 is 0 Å². The van der Waals surface area contributed by atoms with Crippen LogP contribution in [-0.4, -0.2) is 9.78 Å². The highest BCUT2D eigenvalue weighted by Crippen LogP contribution is 2.22. The molecule has 1 heterocycles. The smallest absolute Gasteiger partial charge is 0.267 e. The number of rotatable bonds is 2. The van der Waals surface area contributed by atoms with E-state index in [0.717, 1.165) is 16.8 Å². The highest BCUT2D eigenvalue weighted by molar-refractivity contribution is 9.08. The van der Waals surface area contributed by atoms with Gasteiger partial charge in [-0.05, 0) is 25.5 Å². The third-order valence-corrected chi connectivity index (χ3v) is 3.54. The second-order valence-electron chi connectivity index (χ2n) is 4.44. The van der Waals surface area contributed by atoms with Crippen LogP contribution in [0.25, 0.3) is 11.3 Å². The molecule has 0 aliphatic carbocycles. The molecule has 0 unspecified atom stereocenters. The van der Waals surface area contributed by atoms with Gasteiger partial charge in [-0.1, -0.05) is 39.7 Å². The van der Waals surface area contributed by atoms with Crippen molar-refractivity contribution in [3.63, 3.8) is 0 Å². The van der Waals surface area contributed by atoms with Crippen molar-refractivity contribution in [2.75, 3.05) is 0 Å². The van der Waals surface area contributed by atoms with Crippen molar-refractivity contribution in [2.24, 2.45) is 7.05 Å². The summed E-state index contributed by atoms with van der Waals surface area (Å²) < 4.78 is 1.39. The fourth-order valence-electron chi connectivity index (χ4n) is 2.00. The summed E-state index contributed by atoms with van der Waals surface area (Å²) in [5.74, 6) is 0. The molecule has 0 amide bonds. The molecule has 4 heteroatoms. The second kappa shape index (κ2) is 5.06. The Hall–Kier alpha value is -1.42. The van der Waals surface area contributed by atoms with E-state index < -0.39 is 0 Å². The minimum atomic E-state index is -0.0552. The zero-order valence-electron chi connectivity index (χ0n) is 10.7. The van der Waals surface area contributed by atoms with E-state index in [0.29, 0.717) is 5.33 Å². The maximum atomic E-state index is 11.8. The van der Waals surface area contributed by atoms with Gasteiger partial charge in [0.25, 0.3) is 5.56 Å². The van der Waals surface area contributed by atoms with Gasteiger partial charge >= 0.3 is 0 Å². The van der Waals surface area contributed by atoms with Crippen molar-refractivity contribution in [2.45, 2.75) is 19.2 Å². The van der Waals surface area contributed by atoms with E-state index in [1.807, 2.05) is 6.07 Å². The average molecular weight is 307 g/mol. The summed E-state index contributed by atoms with van der Waals surface area (Å²) in [5, 5.41) is 4.87. The zero-order chi connectivity index (χ0) is 13.3. The van der Waals surface area contributed by atoms with Crippen molar-refractivity contribution in [3.8, 4) is 11.3 Å². The lowest BCUT2D eigenvalue weighted by molar-refractivity contribution is 0.704. The number of aromatic nitrogens is 2. The Labute approximate surface area is 115 Å². The minimum absolute atomic E-state index is 0.0552. The molecule has 0 spiro atoms. The first-order chi connectivity index (χ1) is 8.52. The van der Waals surface area contributed by atoms with Crippen LogP contribution in [0.15, 0.2) is 29.1 Å². The van der Waals surface area contributed by atoms with E-state index in [1.54, 1.807) is 7.05 Å². The van der Waals surface area contributed by atoms with Crippen LogP contribution < -0.4 is 5.56 Å². The third-order valence-electron chi connectivity index (χ3n) is 2.94. The molecule has 18 heavy (non-hydrogen) atoms. The predicted molar refractivity (Wildman–Crippen MR) is 77.0 cm³/mol. The maximum absolute atomic E-state index is 11.8. The lowest BCUT2D eigenvalue weighted by atomic mass is 10.0. The van der Waals surface area contributed by atoms with E-state index in [4.69, 9.17) is 0 Å². The molecule has 0 saturated heterocycles. The van der Waals surface area contributed by atoms with E-state index in [2.05, 4.69) is 53.1 Å². The minimum Gasteiger partial charge on any atom is -0.267 e. The normalized spacial score (nSPS) is 10.7. The van der Waals surface area contributed by atoms with Crippen LogP contribution in [-0.2, 0) is 12.4 Å². The molecule has 0 aliphatic heterocycles. The second-order valence-corrected chi connectivity index (χ2v) is 5.00. The van der Waals surface area contributed by atoms with Crippen LogP contribution in [0.5, 0.6) is 0 Å². The van der Waals surface area contributed by atoms with Gasteiger partial charge in [0.05, 0.1) is 5.69 Å². The van der Waals surface area contributed by atoms with Crippen LogP contribution in [0.1, 0.15) is 16.7 Å². The van der Waals surface area contributed by atoms with Gasteiger partial charge in [-0.25, -0.2) is 4.68 Å². The molecular formula is C14H15BrN2O. The summed E-state index contributed by atoms with van der Waals surface area (Å²) in [4.78, 5) is 11.8. The largest absolute Gasteiger partial charge is 0.270 e. The Morgan fingerprint density at radius 3 is 2.61 bits per heavy atom.